The van der Waals surface area contributed by atoms with Crippen LogP contribution in [0.4, 0.5) is 5.69 Å². The topological polar surface area (TPSA) is 90.9 Å². The minimum Gasteiger partial charge on any atom is -0.349 e. The Balaban J connectivity index is 1.16. The number of fused-ring (bicyclic) bond motifs is 1. The van der Waals surface area contributed by atoms with E-state index in [9.17, 15) is 13.2 Å². The molecule has 3 aliphatic heterocycles. The molecule has 2 aromatic carbocycles. The zero-order valence-electron chi connectivity index (χ0n) is 19.2. The number of anilines is 1. The van der Waals surface area contributed by atoms with Crippen LogP contribution in [0.15, 0.2) is 53.5 Å². The Kier molecular flexibility index (Phi) is 6.68. The third kappa shape index (κ3) is 5.47. The molecule has 5 rings (SSSR count). The first-order chi connectivity index (χ1) is 16.3. The molecular weight excluding hydrogens is 468 g/mol. The number of amidine groups is 1. The van der Waals surface area contributed by atoms with Crippen LogP contribution in [0.1, 0.15) is 34.3 Å². The van der Waals surface area contributed by atoms with Crippen molar-refractivity contribution in [3.05, 3.63) is 65.2 Å². The number of benzene rings is 2. The summed E-state index contributed by atoms with van der Waals surface area (Å²) in [5.41, 5.74) is 3.78. The molecule has 0 radical (unpaired) electrons. The highest BCUT2D eigenvalue weighted by atomic mass is 32.2. The van der Waals surface area contributed by atoms with Gasteiger partial charge in [0.2, 0.25) is 0 Å². The van der Waals surface area contributed by atoms with Crippen molar-refractivity contribution in [1.82, 2.24) is 10.2 Å². The summed E-state index contributed by atoms with van der Waals surface area (Å²) in [5, 5.41) is 7.26. The highest BCUT2D eigenvalue weighted by Gasteiger charge is 2.42. The molecule has 0 saturated carbocycles. The van der Waals surface area contributed by atoms with Crippen LogP contribution in [0.5, 0.6) is 0 Å². The molecule has 9 heteroatoms. The Hall–Kier alpha value is -2.36. The number of amides is 1. The molecule has 180 valence electrons. The number of sulfone groups is 1. The quantitative estimate of drug-likeness (QED) is 0.659. The number of hydrogen-bond acceptors (Lipinski definition) is 7. The summed E-state index contributed by atoms with van der Waals surface area (Å²) in [6.07, 6.45) is 1.88. The summed E-state index contributed by atoms with van der Waals surface area (Å²) in [6.45, 7) is 4.87. The summed E-state index contributed by atoms with van der Waals surface area (Å²) >= 11 is 1.48. The normalized spacial score (nSPS) is 24.4. The number of carbonyl (C=O) groups excluding carboxylic acids is 1. The van der Waals surface area contributed by atoms with Gasteiger partial charge in [-0.3, -0.25) is 14.7 Å². The van der Waals surface area contributed by atoms with Crippen molar-refractivity contribution in [1.29, 1.82) is 0 Å². The number of aryl methyl sites for hydroxylation is 1. The Labute approximate surface area is 205 Å². The smallest absolute Gasteiger partial charge is 0.251 e. The number of aliphatic imine (C=N–C) groups is 1. The second-order valence-corrected chi connectivity index (χ2v) is 12.8. The van der Waals surface area contributed by atoms with E-state index in [0.717, 1.165) is 48.9 Å². The highest BCUT2D eigenvalue weighted by molar-refractivity contribution is 8.15. The van der Waals surface area contributed by atoms with E-state index in [4.69, 9.17) is 0 Å². The lowest BCUT2D eigenvalue weighted by Crippen LogP contribution is -2.44. The van der Waals surface area contributed by atoms with Gasteiger partial charge in [0.05, 0.1) is 17.5 Å². The summed E-state index contributed by atoms with van der Waals surface area (Å²) in [7, 11) is -2.97. The molecule has 2 saturated heterocycles. The summed E-state index contributed by atoms with van der Waals surface area (Å²) in [5.74, 6) is 0.248. The second-order valence-electron chi connectivity index (χ2n) is 9.40. The minimum absolute atomic E-state index is 0.00737. The van der Waals surface area contributed by atoms with Gasteiger partial charge in [0, 0.05) is 42.2 Å². The van der Waals surface area contributed by atoms with Crippen LogP contribution in [-0.4, -0.2) is 66.3 Å². The summed E-state index contributed by atoms with van der Waals surface area (Å²) in [6, 6.07) is 16.1. The molecule has 0 unspecified atom stereocenters. The number of thioether (sulfide) groups is 1. The lowest BCUT2D eigenvalue weighted by atomic mass is 10.0. The fraction of sp³-hybridized carbons (Fsp3) is 0.440. The van der Waals surface area contributed by atoms with Crippen molar-refractivity contribution in [3.63, 3.8) is 0 Å². The molecule has 2 fully saturated rings. The van der Waals surface area contributed by atoms with E-state index < -0.39 is 9.84 Å². The molecule has 7 nitrogen and oxygen atoms in total. The predicted octanol–water partition coefficient (Wildman–Crippen LogP) is 3.07. The Morgan fingerprint density at radius 3 is 2.62 bits per heavy atom. The minimum atomic E-state index is -2.97. The third-order valence-electron chi connectivity index (χ3n) is 6.73. The number of hydrogen-bond donors (Lipinski definition) is 2. The van der Waals surface area contributed by atoms with Crippen molar-refractivity contribution < 1.29 is 13.2 Å². The molecule has 0 spiro atoms. The maximum atomic E-state index is 13.0. The molecule has 2 N–H and O–H groups in total. The van der Waals surface area contributed by atoms with E-state index in [2.05, 4.69) is 44.8 Å². The zero-order valence-corrected chi connectivity index (χ0v) is 20.9. The Morgan fingerprint density at radius 1 is 1.12 bits per heavy atom. The standard InChI is InChI=1S/C25H30N4O3S2/c1-17-7-8-19(13-21(17)27-25-28-22-15-34(31,32)16-23(22)33-25)24(30)26-20-9-11-29(12-10-20)14-18-5-3-2-4-6-18/h2-8,13,20,22-23H,9-12,14-16H2,1H3,(H,26,30)(H,27,28)/t22-,23+/m1/s1. The van der Waals surface area contributed by atoms with E-state index in [1.807, 2.05) is 31.2 Å². The summed E-state index contributed by atoms with van der Waals surface area (Å²) in [4.78, 5) is 20.0. The van der Waals surface area contributed by atoms with Gasteiger partial charge in [-0.2, -0.15) is 0 Å². The first-order valence-corrected chi connectivity index (χ1v) is 14.4. The van der Waals surface area contributed by atoms with E-state index in [-0.39, 0.29) is 34.7 Å². The average molecular weight is 499 g/mol. The number of nitrogens with zero attached hydrogens (tertiary/aromatic N) is 2. The average Bonchev–Trinajstić information content (AvgIpc) is 3.29. The number of carbonyl (C=O) groups is 1. The van der Waals surface area contributed by atoms with Crippen LogP contribution in [0.3, 0.4) is 0 Å². The van der Waals surface area contributed by atoms with Crippen LogP contribution < -0.4 is 10.6 Å². The van der Waals surface area contributed by atoms with Gasteiger partial charge in [-0.05, 0) is 43.0 Å². The third-order valence-corrected chi connectivity index (χ3v) is 9.87. The molecule has 3 heterocycles. The van der Waals surface area contributed by atoms with Crippen molar-refractivity contribution in [2.75, 3.05) is 29.9 Å². The van der Waals surface area contributed by atoms with Crippen molar-refractivity contribution in [2.24, 2.45) is 4.99 Å². The van der Waals surface area contributed by atoms with Gasteiger partial charge in [-0.1, -0.05) is 48.2 Å². The molecule has 0 bridgehead atoms. The SMILES string of the molecule is Cc1ccc(C(=O)NC2CCN(Cc3ccccc3)CC2)cc1NC1=N[C@@H]2CS(=O)(=O)C[C@@H]2S1. The molecule has 3 aliphatic rings. The van der Waals surface area contributed by atoms with Gasteiger partial charge in [-0.15, -0.1) is 0 Å². The van der Waals surface area contributed by atoms with E-state index in [1.165, 1.54) is 17.3 Å². The number of nitrogens with one attached hydrogen (secondary N) is 2. The largest absolute Gasteiger partial charge is 0.349 e. The molecule has 0 aliphatic carbocycles. The Morgan fingerprint density at radius 2 is 1.88 bits per heavy atom. The van der Waals surface area contributed by atoms with Gasteiger partial charge in [-0.25, -0.2) is 8.42 Å². The molecule has 34 heavy (non-hydrogen) atoms. The Bertz CT molecular complexity index is 1190. The van der Waals surface area contributed by atoms with Crippen LogP contribution in [0, 0.1) is 6.92 Å². The number of likely N-dealkylation sites (tertiary alicyclic amines) is 1. The molecule has 1 amide bonds. The fourth-order valence-corrected chi connectivity index (χ4v) is 8.44. The predicted molar refractivity (Wildman–Crippen MR) is 138 cm³/mol. The number of rotatable bonds is 5. The lowest BCUT2D eigenvalue weighted by Gasteiger charge is -2.32. The summed E-state index contributed by atoms with van der Waals surface area (Å²) < 4.78 is 23.6. The van der Waals surface area contributed by atoms with Crippen molar-refractivity contribution in [2.45, 2.75) is 43.6 Å². The fourth-order valence-electron chi connectivity index (χ4n) is 4.77. The maximum Gasteiger partial charge on any atom is 0.251 e. The van der Waals surface area contributed by atoms with E-state index in [1.54, 1.807) is 0 Å². The molecule has 2 aromatic rings. The number of piperidine rings is 1. The van der Waals surface area contributed by atoms with E-state index >= 15 is 0 Å². The van der Waals surface area contributed by atoms with Crippen LogP contribution in [-0.2, 0) is 16.4 Å². The van der Waals surface area contributed by atoms with Crippen LogP contribution in [0.25, 0.3) is 0 Å². The van der Waals surface area contributed by atoms with Crippen LogP contribution in [0.2, 0.25) is 0 Å². The molecule has 2 atom stereocenters. The van der Waals surface area contributed by atoms with Gasteiger partial charge < -0.3 is 10.6 Å². The van der Waals surface area contributed by atoms with Crippen molar-refractivity contribution in [3.8, 4) is 0 Å². The molecule has 0 aromatic heterocycles. The zero-order chi connectivity index (χ0) is 23.7. The second kappa shape index (κ2) is 9.71. The maximum absolute atomic E-state index is 13.0. The van der Waals surface area contributed by atoms with Gasteiger partial charge in [0.1, 0.15) is 0 Å². The lowest BCUT2D eigenvalue weighted by molar-refractivity contribution is 0.0909. The highest BCUT2D eigenvalue weighted by Crippen LogP contribution is 2.35. The first-order valence-electron chi connectivity index (χ1n) is 11.7. The van der Waals surface area contributed by atoms with Gasteiger partial charge in [0.25, 0.3) is 5.91 Å². The molecular formula is C25H30N4O3S2. The van der Waals surface area contributed by atoms with Crippen LogP contribution >= 0.6 is 11.8 Å². The first kappa shape index (κ1) is 23.4. The van der Waals surface area contributed by atoms with Crippen molar-refractivity contribution >= 4 is 38.4 Å². The van der Waals surface area contributed by atoms with Gasteiger partial charge >= 0.3 is 0 Å². The monoisotopic (exact) mass is 498 g/mol. The van der Waals surface area contributed by atoms with Gasteiger partial charge in [0.15, 0.2) is 15.0 Å². The van der Waals surface area contributed by atoms with E-state index in [0.29, 0.717) is 5.56 Å².